The highest BCUT2D eigenvalue weighted by atomic mass is 15.2. The summed E-state index contributed by atoms with van der Waals surface area (Å²) in [6.45, 7) is 4.09. The zero-order valence-corrected chi connectivity index (χ0v) is 23.4. The summed E-state index contributed by atoms with van der Waals surface area (Å²) in [5.41, 5.74) is 6.70. The van der Waals surface area contributed by atoms with Gasteiger partial charge in [0.15, 0.2) is 5.65 Å². The largest absolute Gasteiger partial charge is 0.286 e. The third kappa shape index (κ3) is 7.63. The van der Waals surface area contributed by atoms with Gasteiger partial charge in [-0.15, -0.1) is 0 Å². The Labute approximate surface area is 245 Å². The van der Waals surface area contributed by atoms with E-state index in [2.05, 4.69) is 78.3 Å². The van der Waals surface area contributed by atoms with E-state index in [1.54, 1.807) is 0 Å². The van der Waals surface area contributed by atoms with Crippen LogP contribution in [0.4, 0.5) is 0 Å². The van der Waals surface area contributed by atoms with Crippen LogP contribution in [0.5, 0.6) is 0 Å². The fraction of sp³-hybridized carbons (Fsp3) is 0.176. The molecular weight excluding hydrogens is 520 g/mol. The molecule has 8 nitrogen and oxygen atoms in total. The molecule has 0 saturated carbocycles. The first kappa shape index (κ1) is 27.3. The molecule has 0 amide bonds. The molecule has 6 aromatic heterocycles. The van der Waals surface area contributed by atoms with E-state index < -0.39 is 0 Å². The topological polar surface area (TPSA) is 83.8 Å². The summed E-state index contributed by atoms with van der Waals surface area (Å²) in [5.74, 6) is 0. The van der Waals surface area contributed by atoms with Gasteiger partial charge in [-0.05, 0) is 72.8 Å². The maximum atomic E-state index is 5.00. The molecule has 6 aromatic rings. The summed E-state index contributed by atoms with van der Waals surface area (Å²) >= 11 is 0. The van der Waals surface area contributed by atoms with Crippen LogP contribution in [0.1, 0.15) is 34.2 Å². The number of hydrogen-bond acceptors (Lipinski definition) is 8. The quantitative estimate of drug-likeness (QED) is 0.194. The molecule has 0 aromatic carbocycles. The van der Waals surface area contributed by atoms with Crippen molar-refractivity contribution in [2.24, 2.45) is 0 Å². The Morgan fingerprint density at radius 2 is 0.690 bits per heavy atom. The van der Waals surface area contributed by atoms with Gasteiger partial charge in [0.25, 0.3) is 0 Å². The minimum atomic E-state index is 0.653. The second-order valence-electron chi connectivity index (χ2n) is 10.2. The third-order valence-corrected chi connectivity index (χ3v) is 6.89. The molecule has 0 aliphatic heterocycles. The molecule has 8 heteroatoms. The molecule has 0 saturated heterocycles. The zero-order valence-electron chi connectivity index (χ0n) is 23.4. The van der Waals surface area contributed by atoms with Gasteiger partial charge in [0, 0.05) is 69.4 Å². The maximum Gasteiger partial charge on any atom is 0.159 e. The lowest BCUT2D eigenvalue weighted by Gasteiger charge is -2.22. The number of hydrogen-bond donors (Lipinski definition) is 0. The molecule has 0 N–H and O–H groups in total. The first-order valence-corrected chi connectivity index (χ1v) is 14.1. The number of rotatable bonds is 12. The van der Waals surface area contributed by atoms with Crippen LogP contribution < -0.4 is 0 Å². The van der Waals surface area contributed by atoms with Gasteiger partial charge in [-0.25, -0.2) is 9.97 Å². The van der Waals surface area contributed by atoms with Gasteiger partial charge in [0.05, 0.1) is 34.2 Å². The maximum absolute atomic E-state index is 5.00. The van der Waals surface area contributed by atoms with Crippen LogP contribution in [0.15, 0.2) is 122 Å². The van der Waals surface area contributed by atoms with Crippen LogP contribution in [0.25, 0.3) is 11.0 Å². The molecule has 0 unspecified atom stereocenters. The lowest BCUT2D eigenvalue weighted by Crippen LogP contribution is -2.24. The van der Waals surface area contributed by atoms with Crippen molar-refractivity contribution in [3.05, 3.63) is 156 Å². The summed E-state index contributed by atoms with van der Waals surface area (Å²) in [6, 6.07) is 32.4. The Balaban J connectivity index is 1.22. The SMILES string of the molecule is c1ccc(CN(Cc2ccccn2)Cc2ccc3ccc(CN(Cc4ccccn4)Cc4ccccn4)nc3n2)nc1. The minimum absolute atomic E-state index is 0.653. The molecule has 0 aliphatic carbocycles. The summed E-state index contributed by atoms with van der Waals surface area (Å²) in [4.78, 5) is 32.8. The van der Waals surface area contributed by atoms with Crippen LogP contribution in [-0.2, 0) is 39.3 Å². The van der Waals surface area contributed by atoms with Crippen molar-refractivity contribution in [3.63, 3.8) is 0 Å². The molecule has 6 heterocycles. The van der Waals surface area contributed by atoms with Crippen LogP contribution in [0.3, 0.4) is 0 Å². The molecule has 208 valence electrons. The van der Waals surface area contributed by atoms with Crippen LogP contribution in [-0.4, -0.2) is 39.7 Å². The Morgan fingerprint density at radius 1 is 0.357 bits per heavy atom. The highest BCUT2D eigenvalue weighted by Gasteiger charge is 2.14. The highest BCUT2D eigenvalue weighted by Crippen LogP contribution is 2.17. The van der Waals surface area contributed by atoms with E-state index in [4.69, 9.17) is 9.97 Å². The average molecular weight is 553 g/mol. The van der Waals surface area contributed by atoms with E-state index in [0.717, 1.165) is 45.2 Å². The second kappa shape index (κ2) is 13.6. The van der Waals surface area contributed by atoms with Gasteiger partial charge < -0.3 is 0 Å². The Morgan fingerprint density at radius 3 is 1.00 bits per heavy atom. The van der Waals surface area contributed by atoms with Crippen molar-refractivity contribution in [1.29, 1.82) is 0 Å². The van der Waals surface area contributed by atoms with Gasteiger partial charge >= 0.3 is 0 Å². The first-order valence-electron chi connectivity index (χ1n) is 14.1. The van der Waals surface area contributed by atoms with Crippen molar-refractivity contribution in [2.45, 2.75) is 39.3 Å². The molecule has 0 aliphatic rings. The normalized spacial score (nSPS) is 11.4. The average Bonchev–Trinajstić information content (AvgIpc) is 3.03. The number of pyridine rings is 6. The first-order chi connectivity index (χ1) is 20.8. The van der Waals surface area contributed by atoms with Crippen molar-refractivity contribution in [3.8, 4) is 0 Å². The van der Waals surface area contributed by atoms with E-state index in [-0.39, 0.29) is 0 Å². The molecule has 0 atom stereocenters. The summed E-state index contributed by atoms with van der Waals surface area (Å²) in [7, 11) is 0. The molecule has 6 rings (SSSR count). The fourth-order valence-corrected chi connectivity index (χ4v) is 4.93. The highest BCUT2D eigenvalue weighted by molar-refractivity contribution is 5.74. The van der Waals surface area contributed by atoms with E-state index in [1.165, 1.54) is 0 Å². The second-order valence-corrected chi connectivity index (χ2v) is 10.2. The monoisotopic (exact) mass is 552 g/mol. The van der Waals surface area contributed by atoms with E-state index in [9.17, 15) is 0 Å². The number of nitrogens with zero attached hydrogens (tertiary/aromatic N) is 8. The van der Waals surface area contributed by atoms with Gasteiger partial charge in [-0.1, -0.05) is 24.3 Å². The fourth-order valence-electron chi connectivity index (χ4n) is 4.93. The minimum Gasteiger partial charge on any atom is -0.286 e. The van der Waals surface area contributed by atoms with E-state index in [0.29, 0.717) is 39.3 Å². The zero-order chi connectivity index (χ0) is 28.4. The predicted molar refractivity (Wildman–Crippen MR) is 162 cm³/mol. The summed E-state index contributed by atoms with van der Waals surface area (Å²) < 4.78 is 0. The smallest absolute Gasteiger partial charge is 0.159 e. The van der Waals surface area contributed by atoms with Crippen LogP contribution in [0.2, 0.25) is 0 Å². The van der Waals surface area contributed by atoms with Crippen molar-refractivity contribution in [2.75, 3.05) is 0 Å². The molecule has 0 fully saturated rings. The Kier molecular flexibility index (Phi) is 8.84. The standard InChI is InChI=1S/C34H32N8/c1-5-17-35-28(9-1)21-41(22-29-10-2-6-18-36-29)25-32-15-13-27-14-16-33(40-34(27)39-32)26-42(23-30-11-3-7-19-37-30)24-31-12-4-8-20-38-31/h1-20H,21-26H2. The Bertz CT molecular complexity index is 1480. The number of aromatic nitrogens is 6. The predicted octanol–water partition coefficient (Wildman–Crippen LogP) is 5.61. The third-order valence-electron chi connectivity index (χ3n) is 6.89. The molecule has 0 radical (unpaired) electrons. The molecule has 0 spiro atoms. The van der Waals surface area contributed by atoms with Crippen molar-refractivity contribution < 1.29 is 0 Å². The van der Waals surface area contributed by atoms with Gasteiger partial charge in [0.2, 0.25) is 0 Å². The lowest BCUT2D eigenvalue weighted by molar-refractivity contribution is 0.238. The van der Waals surface area contributed by atoms with Gasteiger partial charge in [-0.3, -0.25) is 29.7 Å². The molecular formula is C34H32N8. The van der Waals surface area contributed by atoms with Crippen LogP contribution >= 0.6 is 0 Å². The van der Waals surface area contributed by atoms with Crippen molar-refractivity contribution >= 4 is 11.0 Å². The Hall–Kier alpha value is -4.92. The summed E-state index contributed by atoms with van der Waals surface area (Å²) in [6.07, 6.45) is 7.33. The molecule has 0 bridgehead atoms. The van der Waals surface area contributed by atoms with Crippen LogP contribution in [0, 0.1) is 0 Å². The summed E-state index contributed by atoms with van der Waals surface area (Å²) in [5, 5.41) is 1.02. The number of fused-ring (bicyclic) bond motifs is 1. The van der Waals surface area contributed by atoms with Gasteiger partial charge in [-0.2, -0.15) is 0 Å². The van der Waals surface area contributed by atoms with Crippen molar-refractivity contribution in [1.82, 2.24) is 39.7 Å². The lowest BCUT2D eigenvalue weighted by atomic mass is 10.2. The van der Waals surface area contributed by atoms with Gasteiger partial charge in [0.1, 0.15) is 0 Å². The molecule has 42 heavy (non-hydrogen) atoms. The van der Waals surface area contributed by atoms with E-state index in [1.807, 2.05) is 73.3 Å². The van der Waals surface area contributed by atoms with E-state index >= 15 is 0 Å².